The number of carbonyl (C=O) groups excluding carboxylic acids is 1. The number of hydrogen-bond acceptors (Lipinski definition) is 8. The second-order valence-corrected chi connectivity index (χ2v) is 11.0. The van der Waals surface area contributed by atoms with Gasteiger partial charge in [0.05, 0.1) is 0 Å². The van der Waals surface area contributed by atoms with Crippen molar-refractivity contribution in [3.63, 3.8) is 0 Å². The van der Waals surface area contributed by atoms with Crippen LogP contribution in [0.2, 0.25) is 0 Å². The fourth-order valence-electron chi connectivity index (χ4n) is 3.65. The molecule has 0 saturated carbocycles. The predicted octanol–water partition coefficient (Wildman–Crippen LogP) is 3.69. The van der Waals surface area contributed by atoms with Gasteiger partial charge < -0.3 is 40.4 Å². The first-order valence-electron chi connectivity index (χ1n) is 13.8. The number of ether oxygens (including phenoxy) is 3. The molecule has 1 aliphatic heterocycles. The van der Waals surface area contributed by atoms with Crippen LogP contribution in [-0.2, 0) is 11.2 Å². The monoisotopic (exact) mass is 557 g/mol. The number of benzene rings is 2. The second-order valence-electron chi connectivity index (χ2n) is 11.0. The van der Waals surface area contributed by atoms with Crippen molar-refractivity contribution in [2.24, 2.45) is 0 Å². The minimum Gasteiger partial charge on any atom is -0.490 e. The Morgan fingerprint density at radius 3 is 2.15 bits per heavy atom. The Labute approximate surface area is 238 Å². The largest absolute Gasteiger partial charge is 0.490 e. The smallest absolute Gasteiger partial charge is 0.224 e. The first kappa shape index (κ1) is 33.1. The Hall–Kier alpha value is -3.11. The van der Waals surface area contributed by atoms with E-state index in [4.69, 9.17) is 14.2 Å². The maximum Gasteiger partial charge on any atom is 0.224 e. The van der Waals surface area contributed by atoms with Gasteiger partial charge in [0.2, 0.25) is 5.91 Å². The van der Waals surface area contributed by atoms with Gasteiger partial charge in [-0.05, 0) is 51.5 Å². The molecule has 0 bridgehead atoms. The number of carbonyl (C=O) groups is 1. The summed E-state index contributed by atoms with van der Waals surface area (Å²) in [7, 11) is 0. The number of nitrogens with one attached hydrogen (secondary N) is 3. The van der Waals surface area contributed by atoms with Crippen LogP contribution in [0, 0.1) is 0 Å². The average Bonchev–Trinajstić information content (AvgIpc) is 2.91. The van der Waals surface area contributed by atoms with Crippen LogP contribution in [0.3, 0.4) is 0 Å². The van der Waals surface area contributed by atoms with Crippen molar-refractivity contribution in [1.82, 2.24) is 10.6 Å². The van der Waals surface area contributed by atoms with E-state index in [0.29, 0.717) is 50.1 Å². The predicted molar refractivity (Wildman–Crippen MR) is 159 cm³/mol. The van der Waals surface area contributed by atoms with Gasteiger partial charge in [-0.25, -0.2) is 0 Å². The van der Waals surface area contributed by atoms with E-state index in [2.05, 4.69) is 43.3 Å². The topological polar surface area (TPSA) is 121 Å². The molecule has 1 amide bonds. The number of β-amino-alcohol motifs (C(OH)–C–C–N with tert-alkyl or cyclic N) is 1. The van der Waals surface area contributed by atoms with Crippen molar-refractivity contribution < 1.29 is 29.2 Å². The number of aliphatic hydroxyl groups excluding tert-OH is 2. The lowest BCUT2D eigenvalue weighted by molar-refractivity contribution is -0.116. The molecule has 0 spiro atoms. The van der Waals surface area contributed by atoms with E-state index in [1.165, 1.54) is 0 Å². The fraction of sp³-hybridized carbons (Fsp3) is 0.516. The highest BCUT2D eigenvalue weighted by Gasteiger charge is 2.19. The first-order chi connectivity index (χ1) is 19.0. The molecule has 2 aromatic rings. The third-order valence-electron chi connectivity index (χ3n) is 5.71. The molecule has 0 aliphatic carbocycles. The lowest BCUT2D eigenvalue weighted by atomic mass is 10.0. The second kappa shape index (κ2) is 16.9. The Balaban J connectivity index is 0.000000282. The molecular formula is C31H47N3O6. The summed E-state index contributed by atoms with van der Waals surface area (Å²) in [5, 5.41) is 29.0. The highest BCUT2D eigenvalue weighted by atomic mass is 16.5. The lowest BCUT2D eigenvalue weighted by Gasteiger charge is -2.24. The molecule has 3 rings (SSSR count). The number of aliphatic hydroxyl groups is 2. The highest BCUT2D eigenvalue weighted by Crippen LogP contribution is 2.31. The van der Waals surface area contributed by atoms with Crippen LogP contribution in [-0.4, -0.2) is 72.8 Å². The summed E-state index contributed by atoms with van der Waals surface area (Å²) in [5.41, 5.74) is 1.79. The number of rotatable bonds is 14. The van der Waals surface area contributed by atoms with Crippen LogP contribution in [0.25, 0.3) is 0 Å². The van der Waals surface area contributed by atoms with E-state index in [9.17, 15) is 15.0 Å². The normalized spacial score (nSPS) is 14.2. The maximum absolute atomic E-state index is 11.4. The van der Waals surface area contributed by atoms with E-state index in [-0.39, 0.29) is 24.7 Å². The fourth-order valence-corrected chi connectivity index (χ4v) is 3.65. The molecule has 1 aliphatic rings. The first-order valence-corrected chi connectivity index (χ1v) is 13.8. The quantitative estimate of drug-likeness (QED) is 0.223. The number of para-hydroxylation sites is 2. The summed E-state index contributed by atoms with van der Waals surface area (Å²) in [5.74, 6) is 2.07. The molecular weight excluding hydrogens is 510 g/mol. The third-order valence-corrected chi connectivity index (χ3v) is 5.71. The molecule has 2 aromatic carbocycles. The lowest BCUT2D eigenvalue weighted by Crippen LogP contribution is -2.42. The van der Waals surface area contributed by atoms with Gasteiger partial charge in [0.1, 0.15) is 37.8 Å². The van der Waals surface area contributed by atoms with E-state index < -0.39 is 12.2 Å². The Kier molecular flexibility index (Phi) is 14.0. The molecule has 0 aromatic heterocycles. The highest BCUT2D eigenvalue weighted by molar-refractivity contribution is 5.94. The van der Waals surface area contributed by atoms with Gasteiger partial charge in [0.25, 0.3) is 0 Å². The molecule has 2 unspecified atom stereocenters. The van der Waals surface area contributed by atoms with E-state index in [0.717, 1.165) is 17.0 Å². The molecule has 1 heterocycles. The molecule has 9 heteroatoms. The molecule has 5 N–H and O–H groups in total. The Bertz CT molecular complexity index is 1050. The molecule has 0 saturated heterocycles. The van der Waals surface area contributed by atoms with Gasteiger partial charge in [-0.15, -0.1) is 0 Å². The molecule has 222 valence electrons. The zero-order chi connectivity index (χ0) is 29.5. The molecule has 40 heavy (non-hydrogen) atoms. The molecule has 9 nitrogen and oxygen atoms in total. The van der Waals surface area contributed by atoms with Crippen LogP contribution < -0.4 is 30.2 Å². The summed E-state index contributed by atoms with van der Waals surface area (Å²) in [4.78, 5) is 11.4. The van der Waals surface area contributed by atoms with E-state index in [1.54, 1.807) is 6.08 Å². The standard InChI is InChI=1S/C16H24N2O3.C15H23NO3/c1-16(2,3)17-9-11(19)10-21-14-6-4-5-13-12(14)7-8-15(20)18-13;1-4-9-18-14-7-5-6-8-15(14)19-11-13(17)10-16-12(2)3/h4-6,11,17,19H,7-10H2,1-3H3,(H,18,20);4-8,12-13,16-17H,1,9-11H2,2-3H3. The zero-order valence-electron chi connectivity index (χ0n) is 24.5. The van der Waals surface area contributed by atoms with Gasteiger partial charge in [-0.3, -0.25) is 4.79 Å². The summed E-state index contributed by atoms with van der Waals surface area (Å²) in [6.07, 6.45) is 1.71. The molecule has 0 fully saturated rings. The minimum absolute atomic E-state index is 0.0306. The number of hydrogen-bond donors (Lipinski definition) is 5. The number of fused-ring (bicyclic) bond motifs is 1. The molecule has 2 atom stereocenters. The summed E-state index contributed by atoms with van der Waals surface area (Å²) < 4.78 is 16.8. The van der Waals surface area contributed by atoms with Crippen molar-refractivity contribution in [1.29, 1.82) is 0 Å². The van der Waals surface area contributed by atoms with Crippen LogP contribution in [0.1, 0.15) is 46.6 Å². The van der Waals surface area contributed by atoms with E-state index >= 15 is 0 Å². The van der Waals surface area contributed by atoms with Gasteiger partial charge in [-0.1, -0.05) is 44.7 Å². The summed E-state index contributed by atoms with van der Waals surface area (Å²) in [6.45, 7) is 15.7. The SMILES string of the molecule is C=CCOc1ccccc1OCC(O)CNC(C)C.CC(C)(C)NCC(O)COc1cccc2c1CCC(=O)N2. The zero-order valence-corrected chi connectivity index (χ0v) is 24.5. The van der Waals surface area contributed by atoms with Crippen LogP contribution in [0.4, 0.5) is 5.69 Å². The molecule has 0 radical (unpaired) electrons. The van der Waals surface area contributed by atoms with Crippen molar-refractivity contribution in [3.05, 3.63) is 60.7 Å². The van der Waals surface area contributed by atoms with Crippen LogP contribution in [0.15, 0.2) is 55.1 Å². The van der Waals surface area contributed by atoms with Gasteiger partial charge >= 0.3 is 0 Å². The van der Waals surface area contributed by atoms with E-state index in [1.807, 2.05) is 56.3 Å². The maximum atomic E-state index is 11.4. The van der Waals surface area contributed by atoms with Crippen LogP contribution in [0.5, 0.6) is 17.2 Å². The van der Waals surface area contributed by atoms with Gasteiger partial charge in [-0.2, -0.15) is 0 Å². The van der Waals surface area contributed by atoms with Crippen molar-refractivity contribution >= 4 is 11.6 Å². The Morgan fingerprint density at radius 2 is 1.52 bits per heavy atom. The summed E-state index contributed by atoms with van der Waals surface area (Å²) in [6, 6.07) is 13.3. The average molecular weight is 558 g/mol. The Morgan fingerprint density at radius 1 is 0.925 bits per heavy atom. The number of anilines is 1. The van der Waals surface area contributed by atoms with Crippen molar-refractivity contribution in [2.75, 3.05) is 38.2 Å². The van der Waals surface area contributed by atoms with Crippen LogP contribution >= 0.6 is 0 Å². The van der Waals surface area contributed by atoms with Crippen molar-refractivity contribution in [2.45, 2.75) is 71.2 Å². The van der Waals surface area contributed by atoms with Crippen molar-refractivity contribution in [3.8, 4) is 17.2 Å². The minimum atomic E-state index is -0.571. The third kappa shape index (κ3) is 12.8. The summed E-state index contributed by atoms with van der Waals surface area (Å²) >= 11 is 0. The van der Waals surface area contributed by atoms with Gasteiger partial charge in [0.15, 0.2) is 11.5 Å². The van der Waals surface area contributed by atoms with Gasteiger partial charge in [0, 0.05) is 42.3 Å². The number of amides is 1.